The highest BCUT2D eigenvalue weighted by Gasteiger charge is 2.29. The number of fused-ring (bicyclic) bond motifs is 1. The summed E-state index contributed by atoms with van der Waals surface area (Å²) in [5.41, 5.74) is 1.35. The smallest absolute Gasteiger partial charge is 0.287 e. The minimum absolute atomic E-state index is 0.0470. The average Bonchev–Trinajstić information content (AvgIpc) is 3.04. The summed E-state index contributed by atoms with van der Waals surface area (Å²) >= 11 is 0. The number of benzene rings is 1. The van der Waals surface area contributed by atoms with Crippen molar-refractivity contribution in [1.29, 1.82) is 0 Å². The summed E-state index contributed by atoms with van der Waals surface area (Å²) < 4.78 is 10.9. The van der Waals surface area contributed by atoms with E-state index in [9.17, 15) is 14.4 Å². The van der Waals surface area contributed by atoms with Gasteiger partial charge in [0, 0.05) is 10.9 Å². The molecule has 1 aliphatic heterocycles. The molecule has 0 saturated carbocycles. The Morgan fingerprint density at radius 2 is 1.97 bits per heavy atom. The van der Waals surface area contributed by atoms with Gasteiger partial charge in [0.15, 0.2) is 11.5 Å². The van der Waals surface area contributed by atoms with E-state index < -0.39 is 23.9 Å². The summed E-state index contributed by atoms with van der Waals surface area (Å²) in [4.78, 5) is 38.1. The standard InChI is InChI=1S/C23H28N2O5/c1-14(2)12-18(22(27)24-17-9-6-7-11-29-13-19(17)26)25-23(28)21-15(3)16-8-4-5-10-20(16)30-21/h4-8,10,14,17-18H,9,11-13H2,1-3H3,(H,24,27)(H,25,28)/b7-6-/t17-,18-/m0/s1. The number of amides is 2. The van der Waals surface area contributed by atoms with E-state index >= 15 is 0 Å². The van der Waals surface area contributed by atoms with Crippen LogP contribution in [-0.4, -0.2) is 42.9 Å². The molecule has 1 aromatic heterocycles. The summed E-state index contributed by atoms with van der Waals surface area (Å²) in [5.74, 6) is -0.671. The van der Waals surface area contributed by atoms with Crippen molar-refractivity contribution in [3.8, 4) is 0 Å². The molecular formula is C23H28N2O5. The quantitative estimate of drug-likeness (QED) is 0.711. The summed E-state index contributed by atoms with van der Waals surface area (Å²) in [6.07, 6.45) is 4.47. The van der Waals surface area contributed by atoms with E-state index in [1.165, 1.54) is 0 Å². The zero-order valence-electron chi connectivity index (χ0n) is 17.6. The second-order valence-corrected chi connectivity index (χ2v) is 7.96. The van der Waals surface area contributed by atoms with Crippen molar-refractivity contribution in [2.45, 2.75) is 45.7 Å². The molecule has 2 amide bonds. The number of aryl methyl sites for hydroxylation is 1. The number of carbonyl (C=O) groups excluding carboxylic acids is 3. The van der Waals surface area contributed by atoms with Crippen molar-refractivity contribution in [3.05, 3.63) is 47.7 Å². The summed E-state index contributed by atoms with van der Waals surface area (Å²) in [6.45, 7) is 6.09. The van der Waals surface area contributed by atoms with E-state index in [1.807, 2.05) is 51.1 Å². The van der Waals surface area contributed by atoms with Crippen molar-refractivity contribution >= 4 is 28.6 Å². The van der Waals surface area contributed by atoms with Crippen LogP contribution in [0.1, 0.15) is 42.8 Å². The van der Waals surface area contributed by atoms with Gasteiger partial charge in [-0.15, -0.1) is 0 Å². The number of ketones is 1. The van der Waals surface area contributed by atoms with Gasteiger partial charge >= 0.3 is 0 Å². The first kappa shape index (κ1) is 21.8. The predicted octanol–water partition coefficient (Wildman–Crippen LogP) is 2.92. The van der Waals surface area contributed by atoms with Crippen LogP contribution < -0.4 is 10.6 Å². The van der Waals surface area contributed by atoms with E-state index in [0.29, 0.717) is 25.0 Å². The van der Waals surface area contributed by atoms with Gasteiger partial charge in [-0.2, -0.15) is 0 Å². The lowest BCUT2D eigenvalue weighted by molar-refractivity contribution is -0.131. The maximum atomic E-state index is 12.9. The molecule has 0 saturated heterocycles. The van der Waals surface area contributed by atoms with Crippen molar-refractivity contribution in [3.63, 3.8) is 0 Å². The fourth-order valence-electron chi connectivity index (χ4n) is 3.49. The molecule has 2 atom stereocenters. The van der Waals surface area contributed by atoms with Crippen molar-refractivity contribution < 1.29 is 23.5 Å². The Balaban J connectivity index is 1.75. The maximum Gasteiger partial charge on any atom is 0.287 e. The number of furan rings is 1. The maximum absolute atomic E-state index is 12.9. The molecule has 2 N–H and O–H groups in total. The second kappa shape index (κ2) is 9.71. The van der Waals surface area contributed by atoms with Crippen LogP contribution in [0.5, 0.6) is 0 Å². The van der Waals surface area contributed by atoms with Gasteiger partial charge in [-0.05, 0) is 31.7 Å². The van der Waals surface area contributed by atoms with Crippen molar-refractivity contribution in [1.82, 2.24) is 10.6 Å². The molecule has 3 rings (SSSR count). The molecule has 0 fully saturated rings. The van der Waals surface area contributed by atoms with Gasteiger partial charge in [0.25, 0.3) is 5.91 Å². The summed E-state index contributed by atoms with van der Waals surface area (Å²) in [6, 6.07) is 5.95. The molecule has 0 unspecified atom stereocenters. The molecule has 0 bridgehead atoms. The Kier molecular flexibility index (Phi) is 7.05. The first-order chi connectivity index (χ1) is 14.4. The zero-order valence-corrected chi connectivity index (χ0v) is 17.6. The number of nitrogens with one attached hydrogen (secondary N) is 2. The molecule has 7 heteroatoms. The third kappa shape index (κ3) is 5.16. The molecule has 2 aromatic rings. The Morgan fingerprint density at radius 3 is 2.70 bits per heavy atom. The average molecular weight is 412 g/mol. The molecule has 0 aliphatic carbocycles. The van der Waals surface area contributed by atoms with E-state index in [2.05, 4.69) is 10.6 Å². The van der Waals surface area contributed by atoms with Gasteiger partial charge < -0.3 is 19.8 Å². The van der Waals surface area contributed by atoms with Gasteiger partial charge in [0.1, 0.15) is 18.2 Å². The second-order valence-electron chi connectivity index (χ2n) is 7.96. The normalized spacial score (nSPS) is 19.2. The molecule has 1 aliphatic rings. The first-order valence-electron chi connectivity index (χ1n) is 10.2. The number of para-hydroxylation sites is 1. The van der Waals surface area contributed by atoms with E-state index in [0.717, 1.165) is 10.9 Å². The molecule has 0 radical (unpaired) electrons. The van der Waals surface area contributed by atoms with Crippen LogP contribution in [0, 0.1) is 12.8 Å². The van der Waals surface area contributed by atoms with Crippen molar-refractivity contribution in [2.75, 3.05) is 13.2 Å². The fourth-order valence-corrected chi connectivity index (χ4v) is 3.49. The van der Waals surface area contributed by atoms with Crippen LogP contribution in [0.4, 0.5) is 0 Å². The fraction of sp³-hybridized carbons (Fsp3) is 0.435. The Morgan fingerprint density at radius 1 is 1.20 bits per heavy atom. The van der Waals surface area contributed by atoms with Gasteiger partial charge in [-0.3, -0.25) is 14.4 Å². The lowest BCUT2D eigenvalue weighted by atomic mass is 10.0. The summed E-state index contributed by atoms with van der Waals surface area (Å²) in [5, 5.41) is 6.43. The van der Waals surface area contributed by atoms with Crippen LogP contribution in [0.15, 0.2) is 40.8 Å². The third-order valence-corrected chi connectivity index (χ3v) is 5.08. The third-order valence-electron chi connectivity index (χ3n) is 5.08. The summed E-state index contributed by atoms with van der Waals surface area (Å²) in [7, 11) is 0. The monoisotopic (exact) mass is 412 g/mol. The van der Waals surface area contributed by atoms with Crippen LogP contribution in [-0.2, 0) is 14.3 Å². The van der Waals surface area contributed by atoms with Gasteiger partial charge in [0.2, 0.25) is 5.91 Å². The SMILES string of the molecule is Cc1c(C(=O)N[C@@H](CC(C)C)C(=O)N[C@H]2C/C=C\COCC2=O)oc2ccccc12. The van der Waals surface area contributed by atoms with Gasteiger partial charge in [0.05, 0.1) is 12.6 Å². The van der Waals surface area contributed by atoms with Crippen molar-refractivity contribution in [2.24, 2.45) is 5.92 Å². The van der Waals surface area contributed by atoms with E-state index in [4.69, 9.17) is 9.15 Å². The molecular weight excluding hydrogens is 384 g/mol. The molecule has 160 valence electrons. The van der Waals surface area contributed by atoms with Gasteiger partial charge in [-0.1, -0.05) is 44.2 Å². The minimum Gasteiger partial charge on any atom is -0.451 e. The molecule has 30 heavy (non-hydrogen) atoms. The highest BCUT2D eigenvalue weighted by Crippen LogP contribution is 2.25. The number of Topliss-reactive ketones (excluding diaryl/α,β-unsaturated/α-hetero) is 1. The molecule has 7 nitrogen and oxygen atoms in total. The lowest BCUT2D eigenvalue weighted by Crippen LogP contribution is -2.52. The molecule has 0 spiro atoms. The highest BCUT2D eigenvalue weighted by atomic mass is 16.5. The Bertz CT molecular complexity index is 960. The minimum atomic E-state index is -0.784. The van der Waals surface area contributed by atoms with Gasteiger partial charge in [-0.25, -0.2) is 0 Å². The largest absolute Gasteiger partial charge is 0.451 e. The number of rotatable bonds is 6. The van der Waals surface area contributed by atoms with Crippen LogP contribution >= 0.6 is 0 Å². The number of ether oxygens (including phenoxy) is 1. The highest BCUT2D eigenvalue weighted by molar-refractivity contribution is 6.01. The molecule has 1 aromatic carbocycles. The Hall–Kier alpha value is -2.93. The van der Waals surface area contributed by atoms with Crippen LogP contribution in [0.3, 0.4) is 0 Å². The zero-order chi connectivity index (χ0) is 21.7. The number of carbonyl (C=O) groups is 3. The first-order valence-corrected chi connectivity index (χ1v) is 10.2. The predicted molar refractivity (Wildman–Crippen MR) is 113 cm³/mol. The molecule has 2 heterocycles. The topological polar surface area (TPSA) is 97.6 Å². The van der Waals surface area contributed by atoms with E-state index in [1.54, 1.807) is 6.07 Å². The van der Waals surface area contributed by atoms with Crippen LogP contribution in [0.2, 0.25) is 0 Å². The number of hydrogen-bond donors (Lipinski definition) is 2. The number of hydrogen-bond acceptors (Lipinski definition) is 5. The van der Waals surface area contributed by atoms with Crippen LogP contribution in [0.25, 0.3) is 11.0 Å². The van der Waals surface area contributed by atoms with E-state index in [-0.39, 0.29) is 24.1 Å². The lowest BCUT2D eigenvalue weighted by Gasteiger charge is -2.23. The Labute approximate surface area is 175 Å².